The molecule has 6 nitrogen and oxygen atoms in total. The fraction of sp³-hybridized carbons (Fsp3) is 0.500. The molecule has 0 aliphatic carbocycles. The third-order valence-electron chi connectivity index (χ3n) is 2.05. The number of amides is 1. The van der Waals surface area contributed by atoms with Gasteiger partial charge in [-0.25, -0.2) is 0 Å². The maximum atomic E-state index is 11.3. The van der Waals surface area contributed by atoms with Gasteiger partial charge in [0, 0.05) is 13.1 Å². The van der Waals surface area contributed by atoms with E-state index in [1.165, 1.54) is 0 Å². The molecule has 0 radical (unpaired) electrons. The van der Waals surface area contributed by atoms with Crippen LogP contribution in [0.3, 0.4) is 0 Å². The summed E-state index contributed by atoms with van der Waals surface area (Å²) in [5, 5.41) is 13.4. The minimum Gasteiger partial charge on any atom is -0.348 e. The number of aryl methyl sites for hydroxylation is 1. The van der Waals surface area contributed by atoms with Crippen molar-refractivity contribution < 1.29 is 4.79 Å². The normalized spacial score (nSPS) is 10.1. The first-order valence-electron chi connectivity index (χ1n) is 5.23. The highest BCUT2D eigenvalue weighted by atomic mass is 16.1. The van der Waals surface area contributed by atoms with Crippen LogP contribution in [0.4, 0.5) is 0 Å². The average Bonchev–Trinajstić information content (AvgIpc) is 2.74. The van der Waals surface area contributed by atoms with E-state index in [1.54, 1.807) is 12.4 Å². The van der Waals surface area contributed by atoms with E-state index < -0.39 is 0 Å². The summed E-state index contributed by atoms with van der Waals surface area (Å²) in [5.41, 5.74) is 0. The predicted octanol–water partition coefficient (Wildman–Crippen LogP) is -0.310. The molecule has 0 unspecified atom stereocenters. The van der Waals surface area contributed by atoms with Crippen molar-refractivity contribution >= 4 is 5.91 Å². The van der Waals surface area contributed by atoms with Gasteiger partial charge in [-0.2, -0.15) is 0 Å². The van der Waals surface area contributed by atoms with Gasteiger partial charge in [0.15, 0.2) is 5.82 Å². The van der Waals surface area contributed by atoms with Crippen LogP contribution < -0.4 is 10.6 Å². The highest BCUT2D eigenvalue weighted by Crippen LogP contribution is 1.93. The van der Waals surface area contributed by atoms with Crippen LogP contribution in [-0.2, 0) is 17.9 Å². The summed E-state index contributed by atoms with van der Waals surface area (Å²) >= 11 is 0. The highest BCUT2D eigenvalue weighted by molar-refractivity contribution is 5.77. The standard InChI is InChI=1S/C10H17N5O/c1-3-5-11-7-10(16)12-6-9-14-13-8-15(9)4-2/h3,8,11H,1,4-7H2,2H3,(H,12,16). The van der Waals surface area contributed by atoms with E-state index in [-0.39, 0.29) is 12.5 Å². The van der Waals surface area contributed by atoms with E-state index in [0.717, 1.165) is 12.4 Å². The Balaban J connectivity index is 2.28. The molecule has 88 valence electrons. The number of rotatable bonds is 7. The van der Waals surface area contributed by atoms with Crippen LogP contribution in [0.1, 0.15) is 12.7 Å². The van der Waals surface area contributed by atoms with Gasteiger partial charge in [-0.3, -0.25) is 4.79 Å². The predicted molar refractivity (Wildman–Crippen MR) is 60.6 cm³/mol. The summed E-state index contributed by atoms with van der Waals surface area (Å²) in [4.78, 5) is 11.3. The number of carbonyl (C=O) groups is 1. The van der Waals surface area contributed by atoms with Crippen LogP contribution in [0.15, 0.2) is 19.0 Å². The van der Waals surface area contributed by atoms with Crippen molar-refractivity contribution in [1.29, 1.82) is 0 Å². The molecule has 0 saturated carbocycles. The molecule has 0 aliphatic rings. The summed E-state index contributed by atoms with van der Waals surface area (Å²) in [6.45, 7) is 7.66. The summed E-state index contributed by atoms with van der Waals surface area (Å²) < 4.78 is 1.89. The summed E-state index contributed by atoms with van der Waals surface area (Å²) in [6, 6.07) is 0. The van der Waals surface area contributed by atoms with Crippen LogP contribution in [0.5, 0.6) is 0 Å². The summed E-state index contributed by atoms with van der Waals surface area (Å²) in [6.07, 6.45) is 3.36. The van der Waals surface area contributed by atoms with Crippen LogP contribution in [0.2, 0.25) is 0 Å². The molecule has 0 saturated heterocycles. The van der Waals surface area contributed by atoms with Crippen molar-refractivity contribution in [1.82, 2.24) is 25.4 Å². The Morgan fingerprint density at radius 3 is 3.19 bits per heavy atom. The quantitative estimate of drug-likeness (QED) is 0.491. The molecule has 16 heavy (non-hydrogen) atoms. The minimum absolute atomic E-state index is 0.0625. The lowest BCUT2D eigenvalue weighted by Crippen LogP contribution is -2.34. The largest absolute Gasteiger partial charge is 0.348 e. The number of nitrogens with one attached hydrogen (secondary N) is 2. The fourth-order valence-electron chi connectivity index (χ4n) is 1.21. The Morgan fingerprint density at radius 1 is 1.69 bits per heavy atom. The van der Waals surface area contributed by atoms with E-state index in [0.29, 0.717) is 13.1 Å². The molecule has 0 bridgehead atoms. The lowest BCUT2D eigenvalue weighted by molar-refractivity contribution is -0.120. The van der Waals surface area contributed by atoms with E-state index >= 15 is 0 Å². The van der Waals surface area contributed by atoms with Crippen LogP contribution in [0, 0.1) is 0 Å². The lowest BCUT2D eigenvalue weighted by Gasteiger charge is -2.06. The van der Waals surface area contributed by atoms with Crippen molar-refractivity contribution in [2.45, 2.75) is 20.0 Å². The Hall–Kier alpha value is -1.69. The molecule has 1 rings (SSSR count). The monoisotopic (exact) mass is 223 g/mol. The third-order valence-corrected chi connectivity index (χ3v) is 2.05. The maximum Gasteiger partial charge on any atom is 0.234 e. The Labute approximate surface area is 94.7 Å². The van der Waals surface area contributed by atoms with Gasteiger partial charge in [-0.1, -0.05) is 6.08 Å². The molecule has 1 heterocycles. The molecule has 1 aromatic heterocycles. The van der Waals surface area contributed by atoms with E-state index in [9.17, 15) is 4.79 Å². The molecule has 0 spiro atoms. The van der Waals surface area contributed by atoms with Crippen LogP contribution in [0.25, 0.3) is 0 Å². The summed E-state index contributed by atoms with van der Waals surface area (Å²) in [5.74, 6) is 0.701. The fourth-order valence-corrected chi connectivity index (χ4v) is 1.21. The smallest absolute Gasteiger partial charge is 0.234 e. The lowest BCUT2D eigenvalue weighted by atomic mass is 10.5. The SMILES string of the molecule is C=CCNCC(=O)NCc1nncn1CC. The van der Waals surface area contributed by atoms with Crippen molar-refractivity contribution in [3.05, 3.63) is 24.8 Å². The van der Waals surface area contributed by atoms with Crippen LogP contribution in [-0.4, -0.2) is 33.8 Å². The Morgan fingerprint density at radius 2 is 2.50 bits per heavy atom. The van der Waals surface area contributed by atoms with Crippen molar-refractivity contribution in [2.24, 2.45) is 0 Å². The molecular formula is C10H17N5O. The molecule has 0 aromatic carbocycles. The second-order valence-electron chi connectivity index (χ2n) is 3.23. The highest BCUT2D eigenvalue weighted by Gasteiger charge is 2.04. The zero-order valence-corrected chi connectivity index (χ0v) is 9.44. The zero-order chi connectivity index (χ0) is 11.8. The van der Waals surface area contributed by atoms with Gasteiger partial charge in [0.1, 0.15) is 6.33 Å². The van der Waals surface area contributed by atoms with Gasteiger partial charge >= 0.3 is 0 Å². The number of hydrogen-bond acceptors (Lipinski definition) is 4. The van der Waals surface area contributed by atoms with E-state index in [4.69, 9.17) is 0 Å². The van der Waals surface area contributed by atoms with Gasteiger partial charge < -0.3 is 15.2 Å². The van der Waals surface area contributed by atoms with Gasteiger partial charge in [0.2, 0.25) is 5.91 Å². The topological polar surface area (TPSA) is 71.8 Å². The van der Waals surface area contributed by atoms with E-state index in [2.05, 4.69) is 27.4 Å². The van der Waals surface area contributed by atoms with Gasteiger partial charge in [0.25, 0.3) is 0 Å². The number of nitrogens with zero attached hydrogens (tertiary/aromatic N) is 3. The number of hydrogen-bond donors (Lipinski definition) is 2. The molecule has 2 N–H and O–H groups in total. The number of aromatic nitrogens is 3. The number of carbonyl (C=O) groups excluding carboxylic acids is 1. The second kappa shape index (κ2) is 6.73. The van der Waals surface area contributed by atoms with Crippen molar-refractivity contribution in [3.63, 3.8) is 0 Å². The van der Waals surface area contributed by atoms with Gasteiger partial charge in [0.05, 0.1) is 13.1 Å². The van der Waals surface area contributed by atoms with E-state index in [1.807, 2.05) is 11.5 Å². The molecule has 0 atom stereocenters. The van der Waals surface area contributed by atoms with Crippen molar-refractivity contribution in [2.75, 3.05) is 13.1 Å². The van der Waals surface area contributed by atoms with Crippen LogP contribution >= 0.6 is 0 Å². The average molecular weight is 223 g/mol. The molecule has 1 amide bonds. The molecule has 1 aromatic rings. The Bertz CT molecular complexity index is 347. The zero-order valence-electron chi connectivity index (χ0n) is 9.44. The van der Waals surface area contributed by atoms with Gasteiger partial charge in [-0.15, -0.1) is 16.8 Å². The maximum absolute atomic E-state index is 11.3. The summed E-state index contributed by atoms with van der Waals surface area (Å²) in [7, 11) is 0. The minimum atomic E-state index is -0.0625. The van der Waals surface area contributed by atoms with Crippen molar-refractivity contribution in [3.8, 4) is 0 Å². The first-order chi connectivity index (χ1) is 7.77. The Kier molecular flexibility index (Phi) is 5.21. The first-order valence-corrected chi connectivity index (χ1v) is 5.23. The first kappa shape index (κ1) is 12.4. The molecule has 0 fully saturated rings. The molecule has 6 heteroatoms. The third kappa shape index (κ3) is 3.82. The second-order valence-corrected chi connectivity index (χ2v) is 3.23. The molecular weight excluding hydrogens is 206 g/mol. The molecule has 0 aliphatic heterocycles. The van der Waals surface area contributed by atoms with Gasteiger partial charge in [-0.05, 0) is 6.92 Å².